The van der Waals surface area contributed by atoms with Gasteiger partial charge in [-0.2, -0.15) is 0 Å². The molecule has 2 rings (SSSR count). The predicted octanol–water partition coefficient (Wildman–Crippen LogP) is 0.997. The summed E-state index contributed by atoms with van der Waals surface area (Å²) >= 11 is 0. The van der Waals surface area contributed by atoms with Crippen molar-refractivity contribution in [1.29, 1.82) is 0 Å². The molecule has 120 valence electrons. The van der Waals surface area contributed by atoms with E-state index in [0.29, 0.717) is 12.5 Å². The fourth-order valence-corrected chi connectivity index (χ4v) is 3.61. The van der Waals surface area contributed by atoms with Crippen LogP contribution >= 0.6 is 0 Å². The van der Waals surface area contributed by atoms with Crippen LogP contribution in [0.3, 0.4) is 0 Å². The molecule has 2 fully saturated rings. The van der Waals surface area contributed by atoms with Crippen molar-refractivity contribution in [2.45, 2.75) is 40.0 Å². The third kappa shape index (κ3) is 3.23. The zero-order chi connectivity index (χ0) is 15.5. The monoisotopic (exact) mass is 295 g/mol. The highest BCUT2D eigenvalue weighted by Gasteiger charge is 2.46. The second-order valence-electron chi connectivity index (χ2n) is 6.70. The van der Waals surface area contributed by atoms with Crippen LogP contribution in [0.5, 0.6) is 0 Å². The van der Waals surface area contributed by atoms with Crippen molar-refractivity contribution in [3.8, 4) is 0 Å². The Hall–Kier alpha value is -1.10. The molecule has 1 unspecified atom stereocenters. The van der Waals surface area contributed by atoms with Crippen LogP contribution in [0.1, 0.15) is 40.0 Å². The van der Waals surface area contributed by atoms with E-state index in [1.165, 1.54) is 0 Å². The molecule has 5 nitrogen and oxygen atoms in total. The Morgan fingerprint density at radius 3 is 2.48 bits per heavy atom. The van der Waals surface area contributed by atoms with E-state index in [4.69, 9.17) is 0 Å². The molecule has 2 aliphatic rings. The largest absolute Gasteiger partial charge is 0.356 e. The molecule has 0 aromatic heterocycles. The fourth-order valence-electron chi connectivity index (χ4n) is 3.61. The van der Waals surface area contributed by atoms with Gasteiger partial charge in [0.2, 0.25) is 11.8 Å². The van der Waals surface area contributed by atoms with Gasteiger partial charge in [-0.05, 0) is 38.6 Å². The molecular weight excluding hydrogens is 266 g/mol. The lowest BCUT2D eigenvalue weighted by atomic mass is 9.74. The van der Waals surface area contributed by atoms with Gasteiger partial charge in [0.05, 0.1) is 5.41 Å². The molecule has 21 heavy (non-hydrogen) atoms. The summed E-state index contributed by atoms with van der Waals surface area (Å²) in [5.41, 5.74) is -0.238. The molecule has 0 aromatic rings. The number of hydrogen-bond donors (Lipinski definition) is 2. The predicted molar refractivity (Wildman–Crippen MR) is 82.7 cm³/mol. The average Bonchev–Trinajstić information content (AvgIpc) is 2.98. The maximum atomic E-state index is 13.0. The molecule has 2 heterocycles. The summed E-state index contributed by atoms with van der Waals surface area (Å²) in [4.78, 5) is 26.8. The summed E-state index contributed by atoms with van der Waals surface area (Å²) in [6, 6.07) is 0. The zero-order valence-electron chi connectivity index (χ0n) is 13.6. The molecule has 0 bridgehead atoms. The number of carbonyl (C=O) groups excluding carboxylic acids is 2. The zero-order valence-corrected chi connectivity index (χ0v) is 13.6. The number of likely N-dealkylation sites (tertiary alicyclic amines) is 1. The summed E-state index contributed by atoms with van der Waals surface area (Å²) in [6.07, 6.45) is 2.51. The minimum atomic E-state index is -0.238. The first-order chi connectivity index (χ1) is 10.0. The van der Waals surface area contributed by atoms with Crippen molar-refractivity contribution in [1.82, 2.24) is 15.5 Å². The SMILES string of the molecule is CCNC(=O)C1CCN(C(=O)C2(C(C)C)CCNC2)CC1. The van der Waals surface area contributed by atoms with Gasteiger partial charge >= 0.3 is 0 Å². The fraction of sp³-hybridized carbons (Fsp3) is 0.875. The normalized spacial score (nSPS) is 27.1. The molecule has 0 saturated carbocycles. The average molecular weight is 295 g/mol. The molecule has 2 aliphatic heterocycles. The van der Waals surface area contributed by atoms with E-state index in [-0.39, 0.29) is 23.1 Å². The third-order valence-electron chi connectivity index (χ3n) is 5.22. The summed E-state index contributed by atoms with van der Waals surface area (Å²) in [6.45, 7) is 10.1. The van der Waals surface area contributed by atoms with Crippen LogP contribution in [-0.4, -0.2) is 49.4 Å². The standard InChI is InChI=1S/C16H29N3O2/c1-4-18-14(20)13-5-9-19(10-6-13)15(21)16(12(2)3)7-8-17-11-16/h12-13,17H,4-11H2,1-3H3,(H,18,20). The van der Waals surface area contributed by atoms with Crippen LogP contribution < -0.4 is 10.6 Å². The molecular formula is C16H29N3O2. The minimum absolute atomic E-state index is 0.0747. The van der Waals surface area contributed by atoms with Crippen LogP contribution in [0.15, 0.2) is 0 Å². The quantitative estimate of drug-likeness (QED) is 0.813. The van der Waals surface area contributed by atoms with Crippen molar-refractivity contribution < 1.29 is 9.59 Å². The molecule has 0 spiro atoms. The molecule has 2 saturated heterocycles. The molecule has 0 radical (unpaired) electrons. The molecule has 0 aromatic carbocycles. The van der Waals surface area contributed by atoms with Crippen LogP contribution in [0.2, 0.25) is 0 Å². The minimum Gasteiger partial charge on any atom is -0.356 e. The van der Waals surface area contributed by atoms with Crippen molar-refractivity contribution in [2.75, 3.05) is 32.7 Å². The lowest BCUT2D eigenvalue weighted by molar-refractivity contribution is -0.146. The van der Waals surface area contributed by atoms with E-state index < -0.39 is 0 Å². The van der Waals surface area contributed by atoms with Gasteiger partial charge in [0.25, 0.3) is 0 Å². The van der Waals surface area contributed by atoms with Gasteiger partial charge in [0, 0.05) is 32.1 Å². The Bertz CT molecular complexity index is 381. The highest BCUT2D eigenvalue weighted by Crippen LogP contribution is 2.37. The highest BCUT2D eigenvalue weighted by atomic mass is 16.2. The molecule has 5 heteroatoms. The second kappa shape index (κ2) is 6.77. The van der Waals surface area contributed by atoms with Gasteiger partial charge in [-0.25, -0.2) is 0 Å². The summed E-state index contributed by atoms with van der Waals surface area (Å²) in [5, 5.41) is 6.23. The van der Waals surface area contributed by atoms with E-state index in [9.17, 15) is 9.59 Å². The number of rotatable bonds is 4. The van der Waals surface area contributed by atoms with E-state index in [1.54, 1.807) is 0 Å². The van der Waals surface area contributed by atoms with E-state index in [1.807, 2.05) is 11.8 Å². The maximum absolute atomic E-state index is 13.0. The summed E-state index contributed by atoms with van der Waals surface area (Å²) in [7, 11) is 0. The Morgan fingerprint density at radius 1 is 1.33 bits per heavy atom. The smallest absolute Gasteiger partial charge is 0.230 e. The van der Waals surface area contributed by atoms with Gasteiger partial charge in [0.15, 0.2) is 0 Å². The van der Waals surface area contributed by atoms with Crippen LogP contribution in [-0.2, 0) is 9.59 Å². The van der Waals surface area contributed by atoms with Gasteiger partial charge in [-0.1, -0.05) is 13.8 Å². The summed E-state index contributed by atoms with van der Waals surface area (Å²) in [5.74, 6) is 0.856. The Balaban J connectivity index is 1.95. The van der Waals surface area contributed by atoms with Gasteiger partial charge in [0.1, 0.15) is 0 Å². The van der Waals surface area contributed by atoms with Crippen molar-refractivity contribution in [2.24, 2.45) is 17.3 Å². The van der Waals surface area contributed by atoms with Crippen molar-refractivity contribution in [3.63, 3.8) is 0 Å². The Kier molecular flexibility index (Phi) is 5.25. The van der Waals surface area contributed by atoms with Gasteiger partial charge < -0.3 is 15.5 Å². The molecule has 2 amide bonds. The lowest BCUT2D eigenvalue weighted by Gasteiger charge is -2.39. The second-order valence-corrected chi connectivity index (χ2v) is 6.70. The Labute approximate surface area is 127 Å². The number of carbonyl (C=O) groups is 2. The molecule has 2 N–H and O–H groups in total. The van der Waals surface area contributed by atoms with E-state index in [2.05, 4.69) is 24.5 Å². The highest BCUT2D eigenvalue weighted by molar-refractivity contribution is 5.84. The van der Waals surface area contributed by atoms with E-state index in [0.717, 1.165) is 45.4 Å². The van der Waals surface area contributed by atoms with E-state index >= 15 is 0 Å². The summed E-state index contributed by atoms with van der Waals surface area (Å²) < 4.78 is 0. The van der Waals surface area contributed by atoms with Gasteiger partial charge in [-0.3, -0.25) is 9.59 Å². The molecule has 0 aliphatic carbocycles. The van der Waals surface area contributed by atoms with Crippen LogP contribution in [0.25, 0.3) is 0 Å². The van der Waals surface area contributed by atoms with Crippen molar-refractivity contribution >= 4 is 11.8 Å². The number of amides is 2. The number of hydrogen-bond acceptors (Lipinski definition) is 3. The number of nitrogens with zero attached hydrogens (tertiary/aromatic N) is 1. The first-order valence-electron chi connectivity index (χ1n) is 8.29. The number of nitrogens with one attached hydrogen (secondary N) is 2. The Morgan fingerprint density at radius 2 is 2.00 bits per heavy atom. The van der Waals surface area contributed by atoms with Crippen molar-refractivity contribution in [3.05, 3.63) is 0 Å². The first-order valence-corrected chi connectivity index (χ1v) is 8.29. The van der Waals surface area contributed by atoms with Crippen LogP contribution in [0.4, 0.5) is 0 Å². The lowest BCUT2D eigenvalue weighted by Crippen LogP contribution is -2.51. The number of piperidine rings is 1. The van der Waals surface area contributed by atoms with Crippen LogP contribution in [0, 0.1) is 17.3 Å². The third-order valence-corrected chi connectivity index (χ3v) is 5.22. The van der Waals surface area contributed by atoms with Gasteiger partial charge in [-0.15, -0.1) is 0 Å². The first kappa shape index (κ1) is 16.3. The topological polar surface area (TPSA) is 61.4 Å². The molecule has 1 atom stereocenters. The maximum Gasteiger partial charge on any atom is 0.230 e.